The predicted octanol–water partition coefficient (Wildman–Crippen LogP) is 2.57. The minimum absolute atomic E-state index is 0.0783. The van der Waals surface area contributed by atoms with E-state index in [1.165, 1.54) is 51.4 Å². The van der Waals surface area contributed by atoms with Crippen molar-refractivity contribution in [3.8, 4) is 0 Å². The number of aliphatic hydroxyl groups is 3. The van der Waals surface area contributed by atoms with Crippen LogP contribution in [0.5, 0.6) is 0 Å². The molecule has 1 saturated heterocycles. The molecule has 3 N–H and O–H groups in total. The summed E-state index contributed by atoms with van der Waals surface area (Å²) in [6.45, 7) is 2.40. The summed E-state index contributed by atoms with van der Waals surface area (Å²) in [6.07, 6.45) is 12.3. The first-order valence-electron chi connectivity index (χ1n) is 9.55. The highest BCUT2D eigenvalue weighted by atomic mass is 16.6. The predicted molar refractivity (Wildman–Crippen MR) is 94.9 cm³/mol. The van der Waals surface area contributed by atoms with Gasteiger partial charge < -0.3 is 24.8 Å². The van der Waals surface area contributed by atoms with E-state index < -0.39 is 24.4 Å². The number of ether oxygens (including phenoxy) is 2. The zero-order chi connectivity index (χ0) is 17.6. The van der Waals surface area contributed by atoms with Gasteiger partial charge in [-0.3, -0.25) is 0 Å². The van der Waals surface area contributed by atoms with Gasteiger partial charge in [-0.2, -0.15) is 0 Å². The second kappa shape index (κ2) is 13.8. The van der Waals surface area contributed by atoms with Crippen molar-refractivity contribution in [2.45, 2.75) is 89.1 Å². The second-order valence-corrected chi connectivity index (χ2v) is 6.65. The Hall–Kier alpha value is -0.460. The monoisotopic (exact) mass is 344 g/mol. The molecular weight excluding hydrogens is 308 g/mol. The highest BCUT2D eigenvalue weighted by Gasteiger charge is 2.38. The van der Waals surface area contributed by atoms with Gasteiger partial charge in [0.05, 0.1) is 19.8 Å². The molecule has 1 rings (SSSR count). The van der Waals surface area contributed by atoms with Gasteiger partial charge in [0.1, 0.15) is 24.4 Å². The maximum atomic E-state index is 9.98. The molecule has 1 fully saturated rings. The third-order valence-electron chi connectivity index (χ3n) is 4.53. The lowest BCUT2D eigenvalue weighted by molar-refractivity contribution is -0.207. The average molecular weight is 344 g/mol. The van der Waals surface area contributed by atoms with Gasteiger partial charge in [0.15, 0.2) is 0 Å². The van der Waals surface area contributed by atoms with E-state index in [2.05, 4.69) is 13.0 Å². The van der Waals surface area contributed by atoms with Crippen LogP contribution in [-0.4, -0.2) is 59.6 Å². The molecule has 0 aromatic carbocycles. The van der Waals surface area contributed by atoms with Crippen molar-refractivity contribution in [3.63, 3.8) is 0 Å². The van der Waals surface area contributed by atoms with Gasteiger partial charge in [0.2, 0.25) is 0 Å². The molecule has 1 aliphatic heterocycles. The molecule has 0 saturated carbocycles. The van der Waals surface area contributed by atoms with Crippen molar-refractivity contribution >= 4 is 0 Å². The number of hydrogen-bond acceptors (Lipinski definition) is 5. The molecule has 0 aliphatic carbocycles. The van der Waals surface area contributed by atoms with Crippen molar-refractivity contribution in [3.05, 3.63) is 12.2 Å². The van der Waals surface area contributed by atoms with Gasteiger partial charge in [-0.1, -0.05) is 64.0 Å². The lowest BCUT2D eigenvalue weighted by Crippen LogP contribution is -2.55. The van der Waals surface area contributed by atoms with Crippen molar-refractivity contribution in [2.75, 3.05) is 19.8 Å². The standard InChI is InChI=1S/C19H36O5/c1-2-3-4-5-6-7-8-9-10-11-12-13-23-19-16(21)15-24-17(14-20)18(19)22/h11-12,16-22H,2-10,13-15H2,1H3/b12-11+/t16-,17+,18+,19+/m1/s1. The van der Waals surface area contributed by atoms with E-state index in [4.69, 9.17) is 14.6 Å². The molecule has 1 aliphatic rings. The molecule has 24 heavy (non-hydrogen) atoms. The van der Waals surface area contributed by atoms with Crippen LogP contribution in [0, 0.1) is 0 Å². The second-order valence-electron chi connectivity index (χ2n) is 6.65. The maximum absolute atomic E-state index is 9.98. The molecule has 0 aromatic heterocycles. The largest absolute Gasteiger partial charge is 0.394 e. The first-order chi connectivity index (χ1) is 11.7. The molecular formula is C19H36O5. The molecule has 1 heterocycles. The molecule has 0 bridgehead atoms. The van der Waals surface area contributed by atoms with Crippen LogP contribution in [0.4, 0.5) is 0 Å². The van der Waals surface area contributed by atoms with Gasteiger partial charge in [-0.15, -0.1) is 0 Å². The maximum Gasteiger partial charge on any atom is 0.114 e. The van der Waals surface area contributed by atoms with Gasteiger partial charge >= 0.3 is 0 Å². The summed E-state index contributed by atoms with van der Waals surface area (Å²) < 4.78 is 10.7. The fraction of sp³-hybridized carbons (Fsp3) is 0.895. The molecule has 0 unspecified atom stereocenters. The Labute approximate surface area is 146 Å². The molecule has 0 aromatic rings. The molecule has 0 spiro atoms. The van der Waals surface area contributed by atoms with E-state index in [0.717, 1.165) is 6.42 Å². The van der Waals surface area contributed by atoms with Gasteiger partial charge in [-0.25, -0.2) is 0 Å². The zero-order valence-corrected chi connectivity index (χ0v) is 15.1. The van der Waals surface area contributed by atoms with Crippen molar-refractivity contribution in [1.29, 1.82) is 0 Å². The quantitative estimate of drug-likeness (QED) is 0.353. The zero-order valence-electron chi connectivity index (χ0n) is 15.1. The van der Waals surface area contributed by atoms with Crippen molar-refractivity contribution in [1.82, 2.24) is 0 Å². The normalized spacial score (nSPS) is 27.8. The van der Waals surface area contributed by atoms with E-state index in [1.54, 1.807) is 0 Å². The number of allylic oxidation sites excluding steroid dienone is 1. The highest BCUT2D eigenvalue weighted by molar-refractivity contribution is 4.89. The van der Waals surface area contributed by atoms with Crippen LogP contribution in [0.1, 0.15) is 64.7 Å². The summed E-state index contributed by atoms with van der Waals surface area (Å²) in [4.78, 5) is 0. The van der Waals surface area contributed by atoms with Gasteiger partial charge in [0.25, 0.3) is 0 Å². The Kier molecular flexibility index (Phi) is 12.4. The summed E-state index contributed by atoms with van der Waals surface area (Å²) in [5.74, 6) is 0. The summed E-state index contributed by atoms with van der Waals surface area (Å²) in [5.41, 5.74) is 0. The Morgan fingerprint density at radius 1 is 1.00 bits per heavy atom. The summed E-state index contributed by atoms with van der Waals surface area (Å²) in [7, 11) is 0. The lowest BCUT2D eigenvalue weighted by atomic mass is 10.0. The SMILES string of the molecule is CCCCCCCCCC/C=C/CO[C@@H]1[C@@H](O)[C@H](CO)OC[C@H]1O. The summed E-state index contributed by atoms with van der Waals surface area (Å²) in [6, 6.07) is 0. The molecule has 0 radical (unpaired) electrons. The third-order valence-corrected chi connectivity index (χ3v) is 4.53. The van der Waals surface area contributed by atoms with Crippen LogP contribution in [0.15, 0.2) is 12.2 Å². The van der Waals surface area contributed by atoms with Crippen molar-refractivity contribution in [2.24, 2.45) is 0 Å². The lowest BCUT2D eigenvalue weighted by Gasteiger charge is -2.36. The van der Waals surface area contributed by atoms with Crippen LogP contribution in [0.2, 0.25) is 0 Å². The van der Waals surface area contributed by atoms with Gasteiger partial charge in [0, 0.05) is 0 Å². The molecule has 0 amide bonds. The molecule has 4 atom stereocenters. The first kappa shape index (κ1) is 21.6. The minimum Gasteiger partial charge on any atom is -0.394 e. The van der Waals surface area contributed by atoms with E-state index in [-0.39, 0.29) is 13.2 Å². The summed E-state index contributed by atoms with van der Waals surface area (Å²) >= 11 is 0. The van der Waals surface area contributed by atoms with E-state index >= 15 is 0 Å². The minimum atomic E-state index is -1.00. The number of rotatable bonds is 13. The smallest absolute Gasteiger partial charge is 0.114 e. The fourth-order valence-electron chi connectivity index (χ4n) is 2.97. The Balaban J connectivity index is 2.02. The van der Waals surface area contributed by atoms with Crippen LogP contribution >= 0.6 is 0 Å². The number of aliphatic hydroxyl groups excluding tert-OH is 3. The Bertz CT molecular complexity index is 321. The third kappa shape index (κ3) is 8.58. The van der Waals surface area contributed by atoms with Crippen LogP contribution in [0.25, 0.3) is 0 Å². The Morgan fingerprint density at radius 2 is 1.67 bits per heavy atom. The highest BCUT2D eigenvalue weighted by Crippen LogP contribution is 2.18. The molecule has 5 nitrogen and oxygen atoms in total. The average Bonchev–Trinajstić information content (AvgIpc) is 2.58. The van der Waals surface area contributed by atoms with E-state index in [0.29, 0.717) is 6.61 Å². The summed E-state index contributed by atoms with van der Waals surface area (Å²) in [5, 5.41) is 28.9. The van der Waals surface area contributed by atoms with Gasteiger partial charge in [-0.05, 0) is 12.8 Å². The van der Waals surface area contributed by atoms with E-state index in [1.807, 2.05) is 6.08 Å². The van der Waals surface area contributed by atoms with Crippen molar-refractivity contribution < 1.29 is 24.8 Å². The fourth-order valence-corrected chi connectivity index (χ4v) is 2.97. The number of hydrogen-bond donors (Lipinski definition) is 3. The first-order valence-corrected chi connectivity index (χ1v) is 9.55. The van der Waals surface area contributed by atoms with E-state index in [9.17, 15) is 10.2 Å². The Morgan fingerprint density at radius 3 is 2.33 bits per heavy atom. The van der Waals surface area contributed by atoms with Crippen LogP contribution in [-0.2, 0) is 9.47 Å². The van der Waals surface area contributed by atoms with Crippen LogP contribution in [0.3, 0.4) is 0 Å². The van der Waals surface area contributed by atoms with Crippen LogP contribution < -0.4 is 0 Å². The number of unbranched alkanes of at least 4 members (excludes halogenated alkanes) is 8. The molecule has 142 valence electrons. The molecule has 5 heteroatoms. The topological polar surface area (TPSA) is 79.2 Å².